The molecule has 0 aromatic carbocycles. The van der Waals surface area contributed by atoms with Gasteiger partial charge in [0.2, 0.25) is 0 Å². The Morgan fingerprint density at radius 2 is 2.23 bits per heavy atom. The zero-order chi connectivity index (χ0) is 22.6. The molecule has 0 bridgehead atoms. The van der Waals surface area contributed by atoms with Crippen molar-refractivity contribution >= 4 is 36.7 Å². The number of hydrogen-bond donors (Lipinski definition) is 3. The zero-order valence-corrected chi connectivity index (χ0v) is 19.6. The predicted molar refractivity (Wildman–Crippen MR) is 112 cm³/mol. The Kier molecular flexibility index (Phi) is 8.77. The maximum absolute atomic E-state index is 15.1. The van der Waals surface area contributed by atoms with Crippen LogP contribution in [0.25, 0.3) is 0 Å². The van der Waals surface area contributed by atoms with Crippen LogP contribution in [-0.2, 0) is 23.4 Å². The van der Waals surface area contributed by atoms with Crippen molar-refractivity contribution in [2.24, 2.45) is 0 Å². The van der Waals surface area contributed by atoms with Crippen LogP contribution in [0.15, 0.2) is 21.9 Å². The summed E-state index contributed by atoms with van der Waals surface area (Å²) >= 11 is 1.95. The maximum Gasteiger partial charge on any atom is 0.330 e. The summed E-state index contributed by atoms with van der Waals surface area (Å²) in [6, 6.07) is 0.104. The molecule has 1 aliphatic heterocycles. The van der Waals surface area contributed by atoms with Crippen molar-refractivity contribution in [3.63, 3.8) is 0 Å². The zero-order valence-electron chi connectivity index (χ0n) is 16.5. The molecule has 2 heterocycles. The van der Waals surface area contributed by atoms with Crippen molar-refractivity contribution in [2.45, 2.75) is 61.4 Å². The minimum atomic E-state index is -2.95. The number of nitrogens with one attached hydrogen (secondary N) is 2. The van der Waals surface area contributed by atoms with Gasteiger partial charge in [-0.15, -0.1) is 0 Å². The summed E-state index contributed by atoms with van der Waals surface area (Å²) in [5, 5.41) is 12.7. The van der Waals surface area contributed by atoms with Crippen LogP contribution in [-0.4, -0.2) is 55.3 Å². The first-order valence-electron chi connectivity index (χ1n) is 9.09. The van der Waals surface area contributed by atoms with Crippen molar-refractivity contribution in [1.29, 1.82) is 0 Å². The van der Waals surface area contributed by atoms with Crippen LogP contribution in [0.2, 0.25) is 0 Å². The summed E-state index contributed by atoms with van der Waals surface area (Å²) in [7, 11) is -2.95. The Hall–Kier alpha value is -1.12. The minimum absolute atomic E-state index is 0.319. The summed E-state index contributed by atoms with van der Waals surface area (Å²) in [4.78, 5) is 37.0. The van der Waals surface area contributed by atoms with E-state index in [-0.39, 0.29) is 4.11 Å². The quantitative estimate of drug-likeness (QED) is 0.170. The Morgan fingerprint density at radius 3 is 2.83 bits per heavy atom. The van der Waals surface area contributed by atoms with Gasteiger partial charge in [-0.05, 0) is 42.9 Å². The molecular weight excluding hydrogens is 539 g/mol. The van der Waals surface area contributed by atoms with E-state index in [9.17, 15) is 24.1 Å². The second-order valence-corrected chi connectivity index (χ2v) is 9.40. The Balaban J connectivity index is 1.97. The fraction of sp³-hybridized carbons (Fsp3) is 0.688. The predicted octanol–water partition coefficient (Wildman–Crippen LogP) is 0.622. The third-order valence-corrected chi connectivity index (χ3v) is 6.69. The molecule has 0 saturated carbocycles. The van der Waals surface area contributed by atoms with Gasteiger partial charge in [0.05, 0.1) is 6.61 Å². The molecule has 7 atom stereocenters. The highest BCUT2D eigenvalue weighted by Gasteiger charge is 2.55. The van der Waals surface area contributed by atoms with Crippen molar-refractivity contribution in [2.75, 3.05) is 6.61 Å². The van der Waals surface area contributed by atoms with E-state index in [0.29, 0.717) is 6.42 Å². The second kappa shape index (κ2) is 10.5. The number of H-pyrrole nitrogens is 1. The normalized spacial score (nSPS) is 29.3. The standard InChI is InChI=1S/C16H24FIN3O8P/c1-4-10(18)29-13(24)8(2)20-30(26)27-7-9-12(23)16(3,17)14(28-9)21-6-5-11(22)19-15(21)25/h5-6,8-10,12,14,23,30H,4,7H2,1-3H3,(H,20,26)(H,19,22,25)/t8-,9+,10?,12+,14+,16+/m0/s1. The van der Waals surface area contributed by atoms with Crippen molar-refractivity contribution in [1.82, 2.24) is 14.6 Å². The van der Waals surface area contributed by atoms with Crippen molar-refractivity contribution in [3.8, 4) is 0 Å². The average Bonchev–Trinajstić information content (AvgIpc) is 2.89. The number of hydrogen-bond acceptors (Lipinski definition) is 8. The number of ether oxygens (including phenoxy) is 2. The number of alkyl halides is 2. The van der Waals surface area contributed by atoms with Crippen LogP contribution in [0.3, 0.4) is 0 Å². The largest absolute Gasteiger partial charge is 0.451 e. The molecule has 1 fully saturated rings. The van der Waals surface area contributed by atoms with Crippen LogP contribution >= 0.6 is 30.8 Å². The lowest BCUT2D eigenvalue weighted by Crippen LogP contribution is -2.43. The molecule has 0 aliphatic carbocycles. The number of rotatable bonds is 9. The van der Waals surface area contributed by atoms with Crippen molar-refractivity contribution in [3.05, 3.63) is 33.1 Å². The molecule has 11 nitrogen and oxygen atoms in total. The maximum atomic E-state index is 15.1. The van der Waals surface area contributed by atoms with Gasteiger partial charge in [-0.25, -0.2) is 14.3 Å². The summed E-state index contributed by atoms with van der Waals surface area (Å²) in [6.07, 6.45) is -2.83. The lowest BCUT2D eigenvalue weighted by Gasteiger charge is -2.24. The van der Waals surface area contributed by atoms with Crippen LogP contribution in [0, 0.1) is 0 Å². The average molecular weight is 563 g/mol. The highest BCUT2D eigenvalue weighted by atomic mass is 127. The molecule has 0 spiro atoms. The van der Waals surface area contributed by atoms with Gasteiger partial charge in [0.1, 0.15) is 18.2 Å². The van der Waals surface area contributed by atoms with Crippen LogP contribution in [0.4, 0.5) is 4.39 Å². The van der Waals surface area contributed by atoms with Gasteiger partial charge in [0, 0.05) is 12.3 Å². The molecule has 170 valence electrons. The number of carbonyl (C=O) groups excluding carboxylic acids is 1. The SMILES string of the molecule is CCC(I)OC(=O)[C@H](C)N[PH](=O)OC[C@H]1O[C@@H](n2ccc(=O)[nH]c2=O)[C@](C)(F)[C@@H]1O. The number of aliphatic hydroxyl groups excluding tert-OH is 1. The van der Waals surface area contributed by atoms with Crippen LogP contribution in [0.5, 0.6) is 0 Å². The molecule has 1 aromatic rings. The second-order valence-electron chi connectivity index (χ2n) is 6.86. The highest BCUT2D eigenvalue weighted by Crippen LogP contribution is 2.41. The fourth-order valence-corrected chi connectivity index (χ4v) is 3.83. The van der Waals surface area contributed by atoms with Gasteiger partial charge in [-0.1, -0.05) is 6.92 Å². The Bertz CT molecular complexity index is 894. The van der Waals surface area contributed by atoms with Gasteiger partial charge in [0.15, 0.2) is 16.0 Å². The smallest absolute Gasteiger partial charge is 0.330 e. The molecule has 1 saturated heterocycles. The number of carbonyl (C=O) groups is 1. The minimum Gasteiger partial charge on any atom is -0.451 e. The number of esters is 1. The van der Waals surface area contributed by atoms with Crippen LogP contribution in [0.1, 0.15) is 33.4 Å². The number of aromatic nitrogens is 2. The summed E-state index contributed by atoms with van der Waals surface area (Å²) < 4.78 is 43.3. The van der Waals surface area contributed by atoms with Gasteiger partial charge in [-0.3, -0.25) is 23.7 Å². The van der Waals surface area contributed by atoms with E-state index in [1.165, 1.54) is 6.92 Å². The third-order valence-electron chi connectivity index (χ3n) is 4.45. The molecule has 1 aromatic heterocycles. The molecule has 1 aliphatic rings. The van der Waals surface area contributed by atoms with E-state index in [4.69, 9.17) is 14.0 Å². The first kappa shape index (κ1) is 25.1. The molecule has 2 rings (SSSR count). The van der Waals surface area contributed by atoms with Crippen LogP contribution < -0.4 is 16.3 Å². The lowest BCUT2D eigenvalue weighted by atomic mass is 9.98. The van der Waals surface area contributed by atoms with Gasteiger partial charge < -0.3 is 19.1 Å². The highest BCUT2D eigenvalue weighted by molar-refractivity contribution is 14.1. The molecule has 0 radical (unpaired) electrons. The van der Waals surface area contributed by atoms with Gasteiger partial charge in [-0.2, -0.15) is 0 Å². The van der Waals surface area contributed by atoms with Gasteiger partial charge >= 0.3 is 11.7 Å². The van der Waals surface area contributed by atoms with E-state index in [1.807, 2.05) is 34.5 Å². The summed E-state index contributed by atoms with van der Waals surface area (Å²) in [5.74, 6) is -0.607. The molecule has 2 unspecified atom stereocenters. The molecule has 14 heteroatoms. The first-order valence-corrected chi connectivity index (χ1v) is 11.6. The lowest BCUT2D eigenvalue weighted by molar-refractivity contribution is -0.146. The molecule has 0 amide bonds. The molecular formula is C16H24FIN3O8P. The number of aliphatic hydroxyl groups is 1. The van der Waals surface area contributed by atoms with E-state index >= 15 is 4.39 Å². The number of nitrogens with zero attached hydrogens (tertiary/aromatic N) is 1. The van der Waals surface area contributed by atoms with E-state index in [2.05, 4.69) is 5.09 Å². The Labute approximate surface area is 185 Å². The summed E-state index contributed by atoms with van der Waals surface area (Å²) in [5.41, 5.74) is -3.97. The van der Waals surface area contributed by atoms with Crippen molar-refractivity contribution < 1.29 is 32.9 Å². The number of halogens is 2. The first-order chi connectivity index (χ1) is 14.0. The fourth-order valence-electron chi connectivity index (χ4n) is 2.71. The topological polar surface area (TPSA) is 149 Å². The monoisotopic (exact) mass is 563 g/mol. The Morgan fingerprint density at radius 1 is 1.57 bits per heavy atom. The molecule has 30 heavy (non-hydrogen) atoms. The summed E-state index contributed by atoms with van der Waals surface area (Å²) in [6.45, 7) is 3.86. The van der Waals surface area contributed by atoms with E-state index in [0.717, 1.165) is 23.8 Å². The number of aromatic amines is 1. The molecule has 3 N–H and O–H groups in total. The van der Waals surface area contributed by atoms with Gasteiger partial charge in [0.25, 0.3) is 13.7 Å². The third kappa shape index (κ3) is 5.98. The van der Waals surface area contributed by atoms with E-state index in [1.54, 1.807) is 0 Å². The van der Waals surface area contributed by atoms with E-state index < -0.39 is 62.2 Å².